The van der Waals surface area contributed by atoms with Gasteiger partial charge in [0, 0.05) is 51.9 Å². The fourth-order valence-electron chi connectivity index (χ4n) is 9.06. The number of aliphatic carboxylic acids is 1. The first-order valence-corrected chi connectivity index (χ1v) is 22.2. The van der Waals surface area contributed by atoms with Gasteiger partial charge in [-0.15, -0.1) is 0 Å². The van der Waals surface area contributed by atoms with Crippen LogP contribution in [0, 0.1) is 0 Å². The fourth-order valence-corrected chi connectivity index (χ4v) is 9.06. The Bertz CT molecular complexity index is 1940. The predicted molar refractivity (Wildman–Crippen MR) is 228 cm³/mol. The van der Waals surface area contributed by atoms with Crippen LogP contribution in [0.25, 0.3) is 0 Å². The molecule has 0 aliphatic carbocycles. The monoisotopic (exact) mass is 933 g/mol. The zero-order valence-corrected chi connectivity index (χ0v) is 36.7. The minimum Gasteiger partial charge on any atom is -0.508 e. The van der Waals surface area contributed by atoms with Gasteiger partial charge in [0.1, 0.15) is 42.0 Å². The summed E-state index contributed by atoms with van der Waals surface area (Å²) in [7, 11) is 0. The van der Waals surface area contributed by atoms with Crippen LogP contribution in [0.3, 0.4) is 0 Å². The number of nitrogens with one attached hydrogen (secondary N) is 3. The molecule has 24 nitrogen and oxygen atoms in total. The van der Waals surface area contributed by atoms with Crippen LogP contribution in [0.1, 0.15) is 63.9 Å². The molecule has 4 heterocycles. The van der Waals surface area contributed by atoms with Crippen molar-refractivity contribution >= 4 is 47.3 Å². The van der Waals surface area contributed by atoms with E-state index in [0.717, 1.165) is 21.6 Å². The quantitative estimate of drug-likeness (QED) is 0.0575. The molecule has 4 aliphatic heterocycles. The number of β-amino-alcohol motifs (C(OH)–C–C–N with tert-alkyl or cyclic N) is 3. The number of phenolic OH excluding ortho intramolecular Hbond substituents is 1. The van der Waals surface area contributed by atoms with Gasteiger partial charge in [-0.2, -0.15) is 0 Å². The van der Waals surface area contributed by atoms with Gasteiger partial charge < -0.3 is 82.8 Å². The van der Waals surface area contributed by atoms with E-state index in [1.165, 1.54) is 29.2 Å². The maximum Gasteiger partial charge on any atom is 0.328 e. The molecule has 0 unspecified atom stereocenters. The lowest BCUT2D eigenvalue weighted by Crippen LogP contribution is -2.60. The van der Waals surface area contributed by atoms with Gasteiger partial charge in [0.15, 0.2) is 6.04 Å². The number of nitrogens with two attached hydrogens (primary N) is 2. The highest BCUT2D eigenvalue weighted by Gasteiger charge is 2.51. The van der Waals surface area contributed by atoms with Crippen molar-refractivity contribution in [1.29, 1.82) is 0 Å². The molecule has 0 spiro atoms. The van der Waals surface area contributed by atoms with Crippen LogP contribution in [0.2, 0.25) is 0 Å². The average Bonchev–Trinajstić information content (AvgIpc) is 4.10. The Morgan fingerprint density at radius 3 is 1.83 bits per heavy atom. The van der Waals surface area contributed by atoms with Gasteiger partial charge in [0.2, 0.25) is 41.4 Å². The van der Waals surface area contributed by atoms with Crippen molar-refractivity contribution in [2.75, 3.05) is 39.3 Å². The topological polar surface area (TPSA) is 379 Å². The summed E-state index contributed by atoms with van der Waals surface area (Å²) in [6.07, 6.45) is -4.13. The van der Waals surface area contributed by atoms with Crippen molar-refractivity contribution in [2.45, 2.75) is 137 Å². The van der Waals surface area contributed by atoms with Gasteiger partial charge in [-0.05, 0) is 56.8 Å². The summed E-state index contributed by atoms with van der Waals surface area (Å²) in [4.78, 5) is 113. The first-order chi connectivity index (χ1) is 31.2. The highest BCUT2D eigenvalue weighted by Crippen LogP contribution is 2.30. The predicted octanol–water partition coefficient (Wildman–Crippen LogP) is -5.82. The average molecular weight is 934 g/mol. The van der Waals surface area contributed by atoms with Crippen LogP contribution in [0.15, 0.2) is 24.3 Å². The molecule has 5 rings (SSSR count). The van der Waals surface area contributed by atoms with Gasteiger partial charge in [-0.1, -0.05) is 18.6 Å². The van der Waals surface area contributed by atoms with E-state index in [2.05, 4.69) is 16.0 Å². The summed E-state index contributed by atoms with van der Waals surface area (Å²) >= 11 is 0. The lowest BCUT2D eigenvalue weighted by atomic mass is 10.0. The third-order valence-electron chi connectivity index (χ3n) is 12.5. The van der Waals surface area contributed by atoms with Gasteiger partial charge in [-0.25, -0.2) is 4.79 Å². The second-order valence-corrected chi connectivity index (χ2v) is 17.5. The van der Waals surface area contributed by atoms with E-state index in [1.54, 1.807) is 0 Å². The lowest BCUT2D eigenvalue weighted by Gasteiger charge is -2.35. The molecular formula is C42H63N9O15. The van der Waals surface area contributed by atoms with Crippen molar-refractivity contribution in [3.05, 3.63) is 29.8 Å². The number of aliphatic hydroxyl groups is 5. The maximum absolute atomic E-state index is 14.6. The standard InChI is InChI=1S/C42H63N9O15/c1-21(53)34(42(65)66)47-37(60)31-14-24(55)17-49(31)40(63)33-16-26(57)19-51(33)41(64)32-15-25(56)18-50(32)39(62)28(13-22-7-9-23(54)10-8-22)45-35(58)29(20-52)46-36(59)30-6-4-12-48(30)38(61)27(44)5-2-3-11-43/h7-10,21,24-34,52-57H,2-6,11-20,43-44H2,1H3,(H,45,58)(H,46,59)(H,47,60)(H,65,66)/t21-,24-,25-,26-,27+,28+,29+,30+,31+,32+,33+,34+/m1/s1. The number of hydrogen-bond donors (Lipinski definition) is 12. The Balaban J connectivity index is 1.34. The molecule has 14 N–H and O–H groups in total. The Labute approximate surface area is 380 Å². The van der Waals surface area contributed by atoms with Crippen LogP contribution >= 0.6 is 0 Å². The first kappa shape index (κ1) is 51.5. The van der Waals surface area contributed by atoms with Crippen LogP contribution in [-0.4, -0.2) is 215 Å². The number of carbonyl (C=O) groups is 8. The molecule has 4 fully saturated rings. The van der Waals surface area contributed by atoms with E-state index in [9.17, 15) is 74.1 Å². The summed E-state index contributed by atoms with van der Waals surface area (Å²) in [5.41, 5.74) is 12.1. The highest BCUT2D eigenvalue weighted by molar-refractivity contribution is 5.98. The zero-order valence-electron chi connectivity index (χ0n) is 36.7. The SMILES string of the molecule is C[C@@H](O)[C@H](NC(=O)[C@@H]1C[C@@H](O)CN1C(=O)[C@@H]1C[C@@H](O)CN1C(=O)[C@@H]1C[C@@H](O)CN1C(=O)[C@H](Cc1ccc(O)cc1)NC(=O)[C@H](CO)NC(=O)[C@@H]1CCCN1C(=O)[C@@H](N)CCCCN)C(=O)O. The first-order valence-electron chi connectivity index (χ1n) is 22.2. The number of carboxylic acid groups (broad SMARTS) is 1. The van der Waals surface area contributed by atoms with Crippen molar-refractivity contribution in [3.63, 3.8) is 0 Å². The largest absolute Gasteiger partial charge is 0.508 e. The van der Waals surface area contributed by atoms with Crippen molar-refractivity contribution < 1.29 is 74.1 Å². The van der Waals surface area contributed by atoms with E-state index in [0.29, 0.717) is 37.8 Å². The van der Waals surface area contributed by atoms with Gasteiger partial charge in [-0.3, -0.25) is 33.6 Å². The number of carboxylic acids is 1. The summed E-state index contributed by atoms with van der Waals surface area (Å²) in [5, 5.41) is 78.9. The molecule has 0 aromatic heterocycles. The summed E-state index contributed by atoms with van der Waals surface area (Å²) in [6, 6.07) is -5.46. The molecule has 1 aromatic rings. The smallest absolute Gasteiger partial charge is 0.328 e. The normalized spacial score (nSPS) is 26.3. The lowest BCUT2D eigenvalue weighted by molar-refractivity contribution is -0.152. The molecule has 7 amide bonds. The van der Waals surface area contributed by atoms with Crippen LogP contribution in [0.4, 0.5) is 0 Å². The van der Waals surface area contributed by atoms with Crippen LogP contribution < -0.4 is 27.4 Å². The van der Waals surface area contributed by atoms with E-state index in [1.807, 2.05) is 0 Å². The highest BCUT2D eigenvalue weighted by atomic mass is 16.4. The number of aromatic hydroxyl groups is 1. The molecule has 12 atom stereocenters. The van der Waals surface area contributed by atoms with E-state index in [-0.39, 0.29) is 50.9 Å². The van der Waals surface area contributed by atoms with Crippen molar-refractivity contribution in [2.24, 2.45) is 11.5 Å². The van der Waals surface area contributed by atoms with E-state index in [4.69, 9.17) is 11.5 Å². The second kappa shape index (κ2) is 22.8. The molecular weight excluding hydrogens is 871 g/mol. The fraction of sp³-hybridized carbons (Fsp3) is 0.667. The minimum absolute atomic E-state index is 0.102. The second-order valence-electron chi connectivity index (χ2n) is 17.5. The molecule has 24 heteroatoms. The number of likely N-dealkylation sites (tertiary alicyclic amines) is 4. The summed E-state index contributed by atoms with van der Waals surface area (Å²) in [5.74, 6) is -7.48. The molecule has 0 bridgehead atoms. The van der Waals surface area contributed by atoms with Crippen LogP contribution in [0.5, 0.6) is 5.75 Å². The number of aliphatic hydroxyl groups excluding tert-OH is 5. The Hall–Kier alpha value is -5.50. The Morgan fingerprint density at radius 1 is 0.727 bits per heavy atom. The number of hydrogen-bond acceptors (Lipinski definition) is 16. The number of phenols is 1. The van der Waals surface area contributed by atoms with E-state index < -0.39 is 140 Å². The zero-order chi connectivity index (χ0) is 48.6. The Kier molecular flexibility index (Phi) is 17.8. The molecule has 4 aliphatic rings. The number of benzene rings is 1. The molecule has 0 saturated carbocycles. The maximum atomic E-state index is 14.6. The number of unbranched alkanes of at least 4 members (excludes halogenated alkanes) is 1. The van der Waals surface area contributed by atoms with Gasteiger partial charge in [0.25, 0.3) is 0 Å². The number of nitrogens with zero attached hydrogens (tertiary/aromatic N) is 4. The molecule has 0 radical (unpaired) electrons. The van der Waals surface area contributed by atoms with Gasteiger partial charge >= 0.3 is 5.97 Å². The number of rotatable bonds is 19. The third kappa shape index (κ3) is 12.3. The van der Waals surface area contributed by atoms with Crippen molar-refractivity contribution in [1.82, 2.24) is 35.6 Å². The summed E-state index contributed by atoms with van der Waals surface area (Å²) < 4.78 is 0. The Morgan fingerprint density at radius 2 is 1.27 bits per heavy atom. The minimum atomic E-state index is -1.74. The van der Waals surface area contributed by atoms with Crippen molar-refractivity contribution in [3.8, 4) is 5.75 Å². The molecule has 366 valence electrons. The molecule has 66 heavy (non-hydrogen) atoms. The molecule has 1 aromatic carbocycles. The summed E-state index contributed by atoms with van der Waals surface area (Å²) in [6.45, 7) is -0.330. The number of carbonyl (C=O) groups excluding carboxylic acids is 7. The number of amides is 7. The molecule has 4 saturated heterocycles. The van der Waals surface area contributed by atoms with Crippen LogP contribution in [-0.2, 0) is 44.8 Å². The third-order valence-corrected chi connectivity index (χ3v) is 12.5. The van der Waals surface area contributed by atoms with E-state index >= 15 is 0 Å². The van der Waals surface area contributed by atoms with Gasteiger partial charge in [0.05, 0.1) is 37.1 Å².